The minimum atomic E-state index is 0.569. The van der Waals surface area contributed by atoms with E-state index in [1.807, 2.05) is 12.1 Å². The molecule has 0 amide bonds. The lowest BCUT2D eigenvalue weighted by Crippen LogP contribution is -2.02. The van der Waals surface area contributed by atoms with Crippen LogP contribution in [0.25, 0.3) is 11.4 Å². The van der Waals surface area contributed by atoms with Crippen molar-refractivity contribution in [3.63, 3.8) is 0 Å². The van der Waals surface area contributed by atoms with Crippen LogP contribution in [0, 0.1) is 4.64 Å². The van der Waals surface area contributed by atoms with Crippen LogP contribution in [0.4, 0.5) is 0 Å². The summed E-state index contributed by atoms with van der Waals surface area (Å²) in [5.74, 6) is 1.40. The van der Waals surface area contributed by atoms with Gasteiger partial charge in [-0.3, -0.25) is 4.98 Å². The highest BCUT2D eigenvalue weighted by Gasteiger charge is 2.21. The van der Waals surface area contributed by atoms with E-state index in [4.69, 9.17) is 12.2 Å². The molecular formula is C14H14BrN3S. The van der Waals surface area contributed by atoms with E-state index in [0.29, 0.717) is 10.6 Å². The molecule has 98 valence electrons. The third-order valence-corrected chi connectivity index (χ3v) is 4.97. The van der Waals surface area contributed by atoms with E-state index >= 15 is 0 Å². The summed E-state index contributed by atoms with van der Waals surface area (Å²) in [7, 11) is 0. The molecule has 0 saturated heterocycles. The van der Waals surface area contributed by atoms with Gasteiger partial charge >= 0.3 is 0 Å². The van der Waals surface area contributed by atoms with Gasteiger partial charge in [-0.15, -0.1) is 0 Å². The van der Waals surface area contributed by atoms with E-state index in [0.717, 1.165) is 15.9 Å². The average Bonchev–Trinajstić information content (AvgIpc) is 2.96. The lowest BCUT2D eigenvalue weighted by Gasteiger charge is -2.14. The van der Waals surface area contributed by atoms with Crippen LogP contribution in [0.15, 0.2) is 29.0 Å². The maximum Gasteiger partial charge on any atom is 0.144 e. The smallest absolute Gasteiger partial charge is 0.144 e. The Morgan fingerprint density at radius 2 is 1.89 bits per heavy atom. The summed E-state index contributed by atoms with van der Waals surface area (Å²) in [5, 5.41) is 0. The van der Waals surface area contributed by atoms with E-state index in [9.17, 15) is 0 Å². The number of H-pyrrole nitrogens is 1. The fourth-order valence-corrected chi connectivity index (χ4v) is 3.33. The van der Waals surface area contributed by atoms with Gasteiger partial charge in [0.15, 0.2) is 0 Å². The Labute approximate surface area is 125 Å². The largest absolute Gasteiger partial charge is 0.342 e. The maximum absolute atomic E-state index is 5.37. The zero-order chi connectivity index (χ0) is 13.2. The quantitative estimate of drug-likeness (QED) is 0.814. The Morgan fingerprint density at radius 1 is 1.21 bits per heavy atom. The minimum Gasteiger partial charge on any atom is -0.342 e. The molecule has 3 rings (SSSR count). The lowest BCUT2D eigenvalue weighted by atomic mass is 10.0. The third kappa shape index (κ3) is 2.62. The van der Waals surface area contributed by atoms with Crippen LogP contribution in [0.3, 0.4) is 0 Å². The van der Waals surface area contributed by atoms with Crippen LogP contribution in [0.2, 0.25) is 0 Å². The van der Waals surface area contributed by atoms with E-state index in [1.54, 1.807) is 12.4 Å². The Bertz CT molecular complexity index is 633. The van der Waals surface area contributed by atoms with Crippen molar-refractivity contribution in [2.45, 2.75) is 31.6 Å². The maximum atomic E-state index is 5.37. The average molecular weight is 336 g/mol. The highest BCUT2D eigenvalue weighted by molar-refractivity contribution is 9.10. The van der Waals surface area contributed by atoms with Crippen molar-refractivity contribution in [2.75, 3.05) is 0 Å². The molecular weight excluding hydrogens is 322 g/mol. The van der Waals surface area contributed by atoms with E-state index in [-0.39, 0.29) is 0 Å². The summed E-state index contributed by atoms with van der Waals surface area (Å²) < 4.78 is 1.58. The second kappa shape index (κ2) is 5.51. The number of hydrogen-bond donors (Lipinski definition) is 1. The fourth-order valence-electron chi connectivity index (χ4n) is 2.62. The summed E-state index contributed by atoms with van der Waals surface area (Å²) in [6, 6.07) is 3.89. The van der Waals surface area contributed by atoms with Crippen LogP contribution >= 0.6 is 28.1 Å². The Balaban J connectivity index is 2.10. The van der Waals surface area contributed by atoms with Gasteiger partial charge in [-0.1, -0.05) is 25.1 Å². The second-order valence-corrected chi connectivity index (χ2v) is 6.02. The highest BCUT2D eigenvalue weighted by Crippen LogP contribution is 2.37. The first-order chi connectivity index (χ1) is 9.25. The summed E-state index contributed by atoms with van der Waals surface area (Å²) in [6.45, 7) is 0. The van der Waals surface area contributed by atoms with Gasteiger partial charge in [-0.2, -0.15) is 0 Å². The molecule has 19 heavy (non-hydrogen) atoms. The lowest BCUT2D eigenvalue weighted by molar-refractivity contribution is 0.690. The molecule has 1 fully saturated rings. The molecule has 1 saturated carbocycles. The number of halogens is 1. The number of nitrogens with one attached hydrogen (secondary N) is 1. The van der Waals surface area contributed by atoms with Crippen LogP contribution in [0.1, 0.15) is 37.3 Å². The van der Waals surface area contributed by atoms with Gasteiger partial charge in [-0.05, 0) is 40.9 Å². The van der Waals surface area contributed by atoms with Gasteiger partial charge in [0.05, 0.1) is 4.47 Å². The predicted molar refractivity (Wildman–Crippen MR) is 81.6 cm³/mol. The Hall–Kier alpha value is -1.07. The Morgan fingerprint density at radius 3 is 2.58 bits per heavy atom. The molecule has 1 aliphatic carbocycles. The molecule has 5 heteroatoms. The van der Waals surface area contributed by atoms with Crippen LogP contribution < -0.4 is 0 Å². The number of pyridine rings is 1. The first kappa shape index (κ1) is 12.9. The monoisotopic (exact) mass is 335 g/mol. The summed E-state index contributed by atoms with van der Waals surface area (Å²) in [4.78, 5) is 12.0. The topological polar surface area (TPSA) is 41.6 Å². The zero-order valence-corrected chi connectivity index (χ0v) is 12.8. The zero-order valence-electron chi connectivity index (χ0n) is 10.4. The van der Waals surface area contributed by atoms with E-state index < -0.39 is 0 Å². The summed E-state index contributed by atoms with van der Waals surface area (Å²) in [6.07, 6.45) is 8.58. The molecule has 1 aliphatic rings. The van der Waals surface area contributed by atoms with Crippen molar-refractivity contribution in [1.29, 1.82) is 0 Å². The molecule has 2 aromatic heterocycles. The summed E-state index contributed by atoms with van der Waals surface area (Å²) >= 11 is 8.96. The van der Waals surface area contributed by atoms with Gasteiger partial charge in [0.1, 0.15) is 10.5 Å². The van der Waals surface area contributed by atoms with Crippen molar-refractivity contribution in [3.05, 3.63) is 39.3 Å². The number of nitrogens with zero attached hydrogens (tertiary/aromatic N) is 2. The predicted octanol–water partition coefficient (Wildman–Crippen LogP) is 4.62. The van der Waals surface area contributed by atoms with Crippen molar-refractivity contribution < 1.29 is 0 Å². The van der Waals surface area contributed by atoms with Gasteiger partial charge in [0.25, 0.3) is 0 Å². The van der Waals surface area contributed by atoms with Crippen molar-refractivity contribution in [3.8, 4) is 11.4 Å². The van der Waals surface area contributed by atoms with Crippen molar-refractivity contribution in [1.82, 2.24) is 15.0 Å². The van der Waals surface area contributed by atoms with Crippen molar-refractivity contribution in [2.24, 2.45) is 0 Å². The molecule has 2 aromatic rings. The SMILES string of the molecule is S=c1nc(-c2ccncc2)[nH]c(C2CCCC2)c1Br. The van der Waals surface area contributed by atoms with E-state index in [1.165, 1.54) is 31.4 Å². The summed E-state index contributed by atoms with van der Waals surface area (Å²) in [5.41, 5.74) is 2.22. The van der Waals surface area contributed by atoms with Crippen LogP contribution in [-0.4, -0.2) is 15.0 Å². The first-order valence-corrected chi connectivity index (χ1v) is 7.66. The molecule has 0 bridgehead atoms. The molecule has 0 aromatic carbocycles. The number of aromatic amines is 1. The first-order valence-electron chi connectivity index (χ1n) is 6.46. The molecule has 0 atom stereocenters. The Kier molecular flexibility index (Phi) is 3.75. The van der Waals surface area contributed by atoms with Gasteiger partial charge in [-0.25, -0.2) is 4.98 Å². The van der Waals surface area contributed by atoms with Gasteiger partial charge in [0.2, 0.25) is 0 Å². The van der Waals surface area contributed by atoms with Gasteiger partial charge in [0, 0.05) is 29.6 Å². The second-order valence-electron chi connectivity index (χ2n) is 4.84. The molecule has 0 unspecified atom stereocenters. The van der Waals surface area contributed by atoms with Crippen molar-refractivity contribution >= 4 is 28.1 Å². The van der Waals surface area contributed by atoms with Gasteiger partial charge < -0.3 is 4.98 Å². The molecule has 1 N–H and O–H groups in total. The van der Waals surface area contributed by atoms with Crippen LogP contribution in [0.5, 0.6) is 0 Å². The standard InChI is InChI=1S/C14H14BrN3S/c15-11-12(9-3-1-2-4-9)17-13(18-14(11)19)10-5-7-16-8-6-10/h5-9H,1-4H2,(H,17,18,19). The third-order valence-electron chi connectivity index (χ3n) is 3.61. The molecule has 3 nitrogen and oxygen atoms in total. The number of rotatable bonds is 2. The molecule has 0 radical (unpaired) electrons. The molecule has 2 heterocycles. The normalized spacial score (nSPS) is 15.8. The van der Waals surface area contributed by atoms with E-state index in [2.05, 4.69) is 30.9 Å². The highest BCUT2D eigenvalue weighted by atomic mass is 79.9. The molecule has 0 spiro atoms. The van der Waals surface area contributed by atoms with Crippen LogP contribution in [-0.2, 0) is 0 Å². The fraction of sp³-hybridized carbons (Fsp3) is 0.357. The number of aromatic nitrogens is 3. The minimum absolute atomic E-state index is 0.569. The number of hydrogen-bond acceptors (Lipinski definition) is 3. The molecule has 0 aliphatic heterocycles.